The lowest BCUT2D eigenvalue weighted by Gasteiger charge is -2.28. The van der Waals surface area contributed by atoms with Gasteiger partial charge in [0, 0.05) is 23.2 Å². The van der Waals surface area contributed by atoms with Crippen LogP contribution in [0.4, 0.5) is 0 Å². The Kier molecular flexibility index (Phi) is 2.87. The normalized spacial score (nSPS) is 22.2. The van der Waals surface area contributed by atoms with Crippen molar-refractivity contribution in [3.05, 3.63) is 35.5 Å². The summed E-state index contributed by atoms with van der Waals surface area (Å²) in [6.07, 6.45) is 2.16. The molecule has 1 aliphatic rings. The van der Waals surface area contributed by atoms with Gasteiger partial charge in [0.1, 0.15) is 0 Å². The molecule has 0 saturated heterocycles. The number of nitrogens with one attached hydrogen (secondary N) is 1. The maximum Gasteiger partial charge on any atom is 0.183 e. The van der Waals surface area contributed by atoms with Gasteiger partial charge in [-0.1, -0.05) is 31.5 Å². The molecule has 0 bridgehead atoms. The average molecular weight is 252 g/mol. The topological polar surface area (TPSA) is 56.6 Å². The number of nitrogens with zero attached hydrogens (tertiary/aromatic N) is 1. The predicted octanol–water partition coefficient (Wildman–Crippen LogP) is 3.46. The van der Waals surface area contributed by atoms with Crippen LogP contribution in [-0.2, 0) is 6.42 Å². The minimum Gasteiger partial charge on any atom is -0.352 e. The van der Waals surface area contributed by atoms with Crippen molar-refractivity contribution in [3.8, 4) is 6.07 Å². The van der Waals surface area contributed by atoms with Gasteiger partial charge in [-0.3, -0.25) is 4.79 Å². The molecule has 0 fully saturated rings. The lowest BCUT2D eigenvalue weighted by molar-refractivity contribution is 0.0847. The molecule has 0 spiro atoms. The van der Waals surface area contributed by atoms with Crippen LogP contribution < -0.4 is 0 Å². The van der Waals surface area contributed by atoms with Gasteiger partial charge in [-0.2, -0.15) is 5.26 Å². The maximum absolute atomic E-state index is 12.6. The number of carbonyl (C=O) groups excluding carboxylic acids is 1. The SMILES string of the molecule is CCC1Cc2c([nH]c3ccccc23)C(=O)C1CC#N. The summed E-state index contributed by atoms with van der Waals surface area (Å²) in [4.78, 5) is 15.8. The fraction of sp³-hybridized carbons (Fsp3) is 0.375. The number of aromatic amines is 1. The quantitative estimate of drug-likeness (QED) is 0.889. The summed E-state index contributed by atoms with van der Waals surface area (Å²) in [5.41, 5.74) is 2.89. The Labute approximate surface area is 112 Å². The van der Waals surface area contributed by atoms with E-state index in [1.54, 1.807) is 0 Å². The van der Waals surface area contributed by atoms with Crippen molar-refractivity contribution in [1.82, 2.24) is 4.98 Å². The van der Waals surface area contributed by atoms with Gasteiger partial charge in [-0.15, -0.1) is 0 Å². The van der Waals surface area contributed by atoms with Gasteiger partial charge in [-0.25, -0.2) is 0 Å². The van der Waals surface area contributed by atoms with Crippen LogP contribution in [0.5, 0.6) is 0 Å². The Morgan fingerprint density at radius 2 is 2.21 bits per heavy atom. The highest BCUT2D eigenvalue weighted by Crippen LogP contribution is 2.37. The van der Waals surface area contributed by atoms with Crippen molar-refractivity contribution in [3.63, 3.8) is 0 Å². The number of H-pyrrole nitrogens is 1. The van der Waals surface area contributed by atoms with E-state index in [0.29, 0.717) is 12.3 Å². The summed E-state index contributed by atoms with van der Waals surface area (Å²) < 4.78 is 0. The van der Waals surface area contributed by atoms with Crippen molar-refractivity contribution >= 4 is 16.7 Å². The zero-order chi connectivity index (χ0) is 13.4. The predicted molar refractivity (Wildman–Crippen MR) is 73.8 cm³/mol. The van der Waals surface area contributed by atoms with Gasteiger partial charge >= 0.3 is 0 Å². The fourth-order valence-electron chi connectivity index (χ4n) is 3.21. The molecule has 1 aliphatic carbocycles. The first kappa shape index (κ1) is 12.0. The number of hydrogen-bond donors (Lipinski definition) is 1. The average Bonchev–Trinajstić information content (AvgIpc) is 2.81. The number of fused-ring (bicyclic) bond motifs is 3. The van der Waals surface area contributed by atoms with Crippen molar-refractivity contribution in [2.45, 2.75) is 26.2 Å². The molecule has 1 N–H and O–H groups in total. The van der Waals surface area contributed by atoms with E-state index in [0.717, 1.165) is 35.0 Å². The zero-order valence-electron chi connectivity index (χ0n) is 10.9. The van der Waals surface area contributed by atoms with Crippen molar-refractivity contribution in [1.29, 1.82) is 5.26 Å². The standard InChI is InChI=1S/C16H16N2O/c1-2-10-9-13-12-5-3-4-6-14(12)18-15(13)16(19)11(10)7-8-17/h3-6,10-11,18H,2,7,9H2,1H3. The minimum absolute atomic E-state index is 0.117. The highest BCUT2D eigenvalue weighted by Gasteiger charge is 2.36. The van der Waals surface area contributed by atoms with Gasteiger partial charge < -0.3 is 4.98 Å². The lowest BCUT2D eigenvalue weighted by Crippen LogP contribution is -2.30. The number of benzene rings is 1. The van der Waals surface area contributed by atoms with Crippen LogP contribution >= 0.6 is 0 Å². The Bertz CT molecular complexity index is 678. The first-order valence-electron chi connectivity index (χ1n) is 6.77. The van der Waals surface area contributed by atoms with Crippen LogP contribution in [0.3, 0.4) is 0 Å². The van der Waals surface area contributed by atoms with E-state index in [-0.39, 0.29) is 11.7 Å². The molecule has 1 aromatic carbocycles. The second-order valence-electron chi connectivity index (χ2n) is 5.23. The van der Waals surface area contributed by atoms with Crippen LogP contribution in [0.2, 0.25) is 0 Å². The number of aromatic nitrogens is 1. The molecule has 2 aromatic rings. The van der Waals surface area contributed by atoms with Crippen molar-refractivity contribution in [2.75, 3.05) is 0 Å². The van der Waals surface area contributed by atoms with E-state index in [1.807, 2.05) is 18.2 Å². The van der Waals surface area contributed by atoms with Crippen molar-refractivity contribution in [2.24, 2.45) is 11.8 Å². The lowest BCUT2D eigenvalue weighted by atomic mass is 9.74. The van der Waals surface area contributed by atoms with E-state index in [1.165, 1.54) is 0 Å². The summed E-state index contributed by atoms with van der Waals surface area (Å²) in [6.45, 7) is 2.10. The third kappa shape index (κ3) is 1.76. The molecule has 0 radical (unpaired) electrons. The Balaban J connectivity index is 2.15. The molecule has 96 valence electrons. The first-order valence-corrected chi connectivity index (χ1v) is 6.77. The second-order valence-corrected chi connectivity index (χ2v) is 5.23. The molecule has 3 nitrogen and oxygen atoms in total. The maximum atomic E-state index is 12.6. The van der Waals surface area contributed by atoms with Crippen LogP contribution in [0.25, 0.3) is 10.9 Å². The third-order valence-corrected chi connectivity index (χ3v) is 4.27. The minimum atomic E-state index is -0.143. The van der Waals surface area contributed by atoms with E-state index in [9.17, 15) is 4.79 Å². The summed E-state index contributed by atoms with van der Waals surface area (Å²) in [5.74, 6) is 0.264. The molecule has 19 heavy (non-hydrogen) atoms. The first-order chi connectivity index (χ1) is 9.26. The van der Waals surface area contributed by atoms with Gasteiger partial charge in [0.2, 0.25) is 0 Å². The molecule has 0 saturated carbocycles. The number of rotatable bonds is 2. The van der Waals surface area contributed by atoms with Crippen LogP contribution in [0.1, 0.15) is 35.8 Å². The molecule has 2 atom stereocenters. The Morgan fingerprint density at radius 3 is 2.95 bits per heavy atom. The largest absolute Gasteiger partial charge is 0.352 e. The van der Waals surface area contributed by atoms with E-state index in [2.05, 4.69) is 24.0 Å². The third-order valence-electron chi connectivity index (χ3n) is 4.27. The molecule has 2 unspecified atom stereocenters. The molecule has 3 heteroatoms. The fourth-order valence-corrected chi connectivity index (χ4v) is 3.21. The number of para-hydroxylation sites is 1. The summed E-state index contributed by atoms with van der Waals surface area (Å²) in [5, 5.41) is 10.1. The molecule has 3 rings (SSSR count). The van der Waals surface area contributed by atoms with Crippen LogP contribution in [0, 0.1) is 23.2 Å². The Morgan fingerprint density at radius 1 is 1.42 bits per heavy atom. The van der Waals surface area contributed by atoms with E-state index < -0.39 is 0 Å². The van der Waals surface area contributed by atoms with Crippen molar-refractivity contribution < 1.29 is 4.79 Å². The Hall–Kier alpha value is -2.08. The zero-order valence-corrected chi connectivity index (χ0v) is 10.9. The molecule has 0 aliphatic heterocycles. The van der Waals surface area contributed by atoms with Crippen LogP contribution in [-0.4, -0.2) is 10.8 Å². The number of ketones is 1. The van der Waals surface area contributed by atoms with E-state index in [4.69, 9.17) is 5.26 Å². The molecular formula is C16H16N2O. The number of carbonyl (C=O) groups is 1. The van der Waals surface area contributed by atoms with Crippen LogP contribution in [0.15, 0.2) is 24.3 Å². The van der Waals surface area contributed by atoms with Gasteiger partial charge in [0.15, 0.2) is 5.78 Å². The monoisotopic (exact) mass is 252 g/mol. The molecule has 1 heterocycles. The second kappa shape index (κ2) is 4.55. The number of hydrogen-bond acceptors (Lipinski definition) is 2. The summed E-state index contributed by atoms with van der Waals surface area (Å²) in [6, 6.07) is 10.2. The van der Waals surface area contributed by atoms with Gasteiger partial charge in [0.05, 0.1) is 11.8 Å². The summed E-state index contributed by atoms with van der Waals surface area (Å²) >= 11 is 0. The highest BCUT2D eigenvalue weighted by atomic mass is 16.1. The number of Topliss-reactive ketones (excluding diaryl/α,β-unsaturated/α-hetero) is 1. The molecular weight excluding hydrogens is 236 g/mol. The smallest absolute Gasteiger partial charge is 0.183 e. The summed E-state index contributed by atoms with van der Waals surface area (Å²) in [7, 11) is 0. The van der Waals surface area contributed by atoms with Gasteiger partial charge in [0.25, 0.3) is 0 Å². The highest BCUT2D eigenvalue weighted by molar-refractivity contribution is 6.04. The number of nitriles is 1. The van der Waals surface area contributed by atoms with Gasteiger partial charge in [-0.05, 0) is 24.0 Å². The van der Waals surface area contributed by atoms with E-state index >= 15 is 0 Å². The molecule has 0 amide bonds. The molecule has 1 aromatic heterocycles.